The average molecular weight is 247 g/mol. The van der Waals surface area contributed by atoms with Gasteiger partial charge in [-0.25, -0.2) is 0 Å². The van der Waals surface area contributed by atoms with E-state index >= 15 is 0 Å². The maximum atomic E-state index is 11.3. The van der Waals surface area contributed by atoms with Crippen molar-refractivity contribution in [3.05, 3.63) is 35.4 Å². The Morgan fingerprint density at radius 3 is 2.67 bits per heavy atom. The summed E-state index contributed by atoms with van der Waals surface area (Å²) in [5.74, 6) is 0.662. The summed E-state index contributed by atoms with van der Waals surface area (Å²) in [4.78, 5) is 11.3. The molecule has 1 aromatic rings. The highest BCUT2D eigenvalue weighted by Gasteiger charge is 2.27. The highest BCUT2D eigenvalue weighted by atomic mass is 16.5. The summed E-state index contributed by atoms with van der Waals surface area (Å²) in [5.41, 5.74) is 2.25. The highest BCUT2D eigenvalue weighted by Crippen LogP contribution is 2.32. The zero-order chi connectivity index (χ0) is 13.0. The summed E-state index contributed by atoms with van der Waals surface area (Å²) in [6.45, 7) is 3.06. The summed E-state index contributed by atoms with van der Waals surface area (Å²) in [7, 11) is 1.43. The zero-order valence-electron chi connectivity index (χ0n) is 11.1. The molecule has 0 radical (unpaired) electrons. The van der Waals surface area contributed by atoms with Crippen molar-refractivity contribution in [3.8, 4) is 0 Å². The van der Waals surface area contributed by atoms with Crippen molar-refractivity contribution in [1.82, 2.24) is 5.32 Å². The largest absolute Gasteiger partial charge is 0.469 e. The fraction of sp³-hybridized carbons (Fsp3) is 0.533. The van der Waals surface area contributed by atoms with E-state index in [0.29, 0.717) is 12.5 Å². The van der Waals surface area contributed by atoms with Crippen molar-refractivity contribution < 1.29 is 9.53 Å². The van der Waals surface area contributed by atoms with E-state index in [1.54, 1.807) is 0 Å². The molecule has 18 heavy (non-hydrogen) atoms. The Morgan fingerprint density at radius 2 is 2.06 bits per heavy atom. The maximum Gasteiger partial charge on any atom is 0.309 e. The lowest BCUT2D eigenvalue weighted by Crippen LogP contribution is -2.27. The first-order valence-electron chi connectivity index (χ1n) is 6.57. The van der Waals surface area contributed by atoms with Gasteiger partial charge >= 0.3 is 5.97 Å². The van der Waals surface area contributed by atoms with Crippen molar-refractivity contribution in [2.24, 2.45) is 5.92 Å². The predicted octanol–water partition coefficient (Wildman–Crippen LogP) is 2.29. The molecule has 0 heterocycles. The quantitative estimate of drug-likeness (QED) is 0.784. The van der Waals surface area contributed by atoms with Crippen LogP contribution in [0.15, 0.2) is 24.3 Å². The molecule has 0 spiro atoms. The topological polar surface area (TPSA) is 38.3 Å². The Labute approximate surface area is 109 Å². The van der Waals surface area contributed by atoms with Crippen LogP contribution < -0.4 is 5.32 Å². The first-order valence-corrected chi connectivity index (χ1v) is 6.57. The Kier molecular flexibility index (Phi) is 4.37. The van der Waals surface area contributed by atoms with Crippen LogP contribution in [0.2, 0.25) is 0 Å². The highest BCUT2D eigenvalue weighted by molar-refractivity contribution is 5.72. The maximum absolute atomic E-state index is 11.3. The van der Waals surface area contributed by atoms with Gasteiger partial charge in [0, 0.05) is 12.6 Å². The van der Waals surface area contributed by atoms with Gasteiger partial charge in [0.2, 0.25) is 0 Å². The standard InChI is InChI=1S/C15H21NO2/c1-11(12-7-8-12)16-10-14-6-4-3-5-13(14)9-15(17)18-2/h3-6,11-12,16H,7-10H2,1-2H3. The van der Waals surface area contributed by atoms with E-state index in [9.17, 15) is 4.79 Å². The molecular weight excluding hydrogens is 226 g/mol. The van der Waals surface area contributed by atoms with Crippen molar-refractivity contribution in [3.63, 3.8) is 0 Å². The number of ether oxygens (including phenoxy) is 1. The molecule has 0 aliphatic heterocycles. The monoisotopic (exact) mass is 247 g/mol. The van der Waals surface area contributed by atoms with Crippen LogP contribution in [0.1, 0.15) is 30.9 Å². The molecule has 1 N–H and O–H groups in total. The minimum absolute atomic E-state index is 0.183. The van der Waals surface area contributed by atoms with Gasteiger partial charge in [0.25, 0.3) is 0 Å². The normalized spacial score (nSPS) is 16.3. The molecule has 1 aromatic carbocycles. The van der Waals surface area contributed by atoms with E-state index in [0.717, 1.165) is 18.0 Å². The minimum atomic E-state index is -0.183. The SMILES string of the molecule is COC(=O)Cc1ccccc1CNC(C)C1CC1. The third kappa shape index (κ3) is 3.57. The number of benzene rings is 1. The van der Waals surface area contributed by atoms with Crippen LogP contribution in [-0.4, -0.2) is 19.1 Å². The minimum Gasteiger partial charge on any atom is -0.469 e. The zero-order valence-corrected chi connectivity index (χ0v) is 11.1. The number of hydrogen-bond acceptors (Lipinski definition) is 3. The molecule has 1 unspecified atom stereocenters. The fourth-order valence-corrected chi connectivity index (χ4v) is 2.16. The van der Waals surface area contributed by atoms with Crippen molar-refractivity contribution in [2.75, 3.05) is 7.11 Å². The second-order valence-corrected chi connectivity index (χ2v) is 5.03. The van der Waals surface area contributed by atoms with E-state index in [-0.39, 0.29) is 5.97 Å². The molecule has 1 atom stereocenters. The summed E-state index contributed by atoms with van der Waals surface area (Å²) in [5, 5.41) is 3.54. The van der Waals surface area contributed by atoms with Gasteiger partial charge in [0.15, 0.2) is 0 Å². The summed E-state index contributed by atoms with van der Waals surface area (Å²) in [6.07, 6.45) is 3.04. The molecule has 0 aromatic heterocycles. The first kappa shape index (κ1) is 13.1. The van der Waals surface area contributed by atoms with Crippen molar-refractivity contribution in [2.45, 2.75) is 38.8 Å². The van der Waals surface area contributed by atoms with Crippen molar-refractivity contribution in [1.29, 1.82) is 0 Å². The predicted molar refractivity (Wildman–Crippen MR) is 71.2 cm³/mol. The van der Waals surface area contributed by atoms with Gasteiger partial charge in [-0.3, -0.25) is 4.79 Å². The smallest absolute Gasteiger partial charge is 0.309 e. The Morgan fingerprint density at radius 1 is 1.39 bits per heavy atom. The molecule has 1 aliphatic carbocycles. The molecular formula is C15H21NO2. The van der Waals surface area contributed by atoms with Gasteiger partial charge in [-0.05, 0) is 36.8 Å². The van der Waals surface area contributed by atoms with E-state index in [2.05, 4.69) is 18.3 Å². The lowest BCUT2D eigenvalue weighted by atomic mass is 10.0. The molecule has 0 bridgehead atoms. The van der Waals surface area contributed by atoms with Crippen LogP contribution >= 0.6 is 0 Å². The van der Waals surface area contributed by atoms with Crippen molar-refractivity contribution >= 4 is 5.97 Å². The third-order valence-electron chi connectivity index (χ3n) is 3.62. The molecule has 0 saturated heterocycles. The Balaban J connectivity index is 1.95. The number of hydrogen-bond donors (Lipinski definition) is 1. The number of carbonyl (C=O) groups is 1. The van der Waals surface area contributed by atoms with Gasteiger partial charge in [-0.15, -0.1) is 0 Å². The molecule has 2 rings (SSSR count). The number of rotatable bonds is 6. The summed E-state index contributed by atoms with van der Waals surface area (Å²) in [6, 6.07) is 8.61. The Bertz CT molecular complexity index is 413. The van der Waals surface area contributed by atoms with Crippen LogP contribution in [0.3, 0.4) is 0 Å². The van der Waals surface area contributed by atoms with E-state index in [1.165, 1.54) is 25.5 Å². The second-order valence-electron chi connectivity index (χ2n) is 5.03. The molecule has 0 amide bonds. The lowest BCUT2D eigenvalue weighted by Gasteiger charge is -2.14. The molecule has 1 saturated carbocycles. The van der Waals surface area contributed by atoms with Crippen LogP contribution in [-0.2, 0) is 22.5 Å². The summed E-state index contributed by atoms with van der Waals surface area (Å²) >= 11 is 0. The fourth-order valence-electron chi connectivity index (χ4n) is 2.16. The summed E-state index contributed by atoms with van der Waals surface area (Å²) < 4.78 is 4.72. The molecule has 98 valence electrons. The number of carbonyl (C=O) groups excluding carboxylic acids is 1. The first-order chi connectivity index (χ1) is 8.70. The van der Waals surface area contributed by atoms with Gasteiger partial charge < -0.3 is 10.1 Å². The van der Waals surface area contributed by atoms with E-state index in [1.807, 2.05) is 18.2 Å². The third-order valence-corrected chi connectivity index (χ3v) is 3.62. The lowest BCUT2D eigenvalue weighted by molar-refractivity contribution is -0.139. The van der Waals surface area contributed by atoms with E-state index in [4.69, 9.17) is 4.74 Å². The molecule has 3 heteroatoms. The van der Waals surface area contributed by atoms with Gasteiger partial charge in [-0.2, -0.15) is 0 Å². The van der Waals surface area contributed by atoms with Gasteiger partial charge in [0.05, 0.1) is 13.5 Å². The number of nitrogens with one attached hydrogen (secondary N) is 1. The van der Waals surface area contributed by atoms with Gasteiger partial charge in [0.1, 0.15) is 0 Å². The number of methoxy groups -OCH3 is 1. The van der Waals surface area contributed by atoms with E-state index < -0.39 is 0 Å². The van der Waals surface area contributed by atoms with Gasteiger partial charge in [-0.1, -0.05) is 24.3 Å². The average Bonchev–Trinajstić information content (AvgIpc) is 3.21. The van der Waals surface area contributed by atoms with Crippen LogP contribution in [0.25, 0.3) is 0 Å². The molecule has 3 nitrogen and oxygen atoms in total. The molecule has 1 fully saturated rings. The van der Waals surface area contributed by atoms with Crippen LogP contribution in [0.4, 0.5) is 0 Å². The Hall–Kier alpha value is -1.35. The number of esters is 1. The van der Waals surface area contributed by atoms with Crippen LogP contribution in [0, 0.1) is 5.92 Å². The second kappa shape index (κ2) is 6.01. The van der Waals surface area contributed by atoms with Crippen LogP contribution in [0.5, 0.6) is 0 Å². The molecule has 1 aliphatic rings.